The van der Waals surface area contributed by atoms with Crippen LogP contribution in [0.4, 0.5) is 5.69 Å². The number of nitrogens with one attached hydrogen (secondary N) is 2. The molecule has 176 valence electrons. The van der Waals surface area contributed by atoms with Gasteiger partial charge >= 0.3 is 5.97 Å². The van der Waals surface area contributed by atoms with Crippen LogP contribution in [0.15, 0.2) is 77.3 Å². The normalized spacial score (nSPS) is 17.5. The molecule has 7 nitrogen and oxygen atoms in total. The van der Waals surface area contributed by atoms with Crippen molar-refractivity contribution in [2.24, 2.45) is 5.92 Å². The lowest BCUT2D eigenvalue weighted by molar-refractivity contribution is -0.150. The minimum Gasteiger partial charge on any atom is -0.468 e. The molecule has 0 aliphatic carbocycles. The summed E-state index contributed by atoms with van der Waals surface area (Å²) in [6.45, 7) is 1.92. The first kappa shape index (κ1) is 24.0. The lowest BCUT2D eigenvalue weighted by Crippen LogP contribution is -2.44. The number of fused-ring (bicyclic) bond motifs is 1. The molecule has 0 unspecified atom stereocenters. The van der Waals surface area contributed by atoms with Crippen molar-refractivity contribution in [3.8, 4) is 6.07 Å². The average molecular weight is 486 g/mol. The summed E-state index contributed by atoms with van der Waals surface area (Å²) in [5.74, 6) is -3.62. The number of hydrogen-bond donors (Lipinski definition) is 2. The van der Waals surface area contributed by atoms with Gasteiger partial charge in [-0.15, -0.1) is 0 Å². The van der Waals surface area contributed by atoms with Crippen LogP contribution in [0, 0.1) is 24.2 Å². The third-order valence-corrected chi connectivity index (χ3v) is 6.82. The lowest BCUT2D eigenvalue weighted by Gasteiger charge is -2.31. The predicted octanol–water partition coefficient (Wildman–Crippen LogP) is 4.26. The number of nitrogens with zero attached hydrogens (tertiary/aromatic N) is 1. The van der Waals surface area contributed by atoms with Gasteiger partial charge in [0, 0.05) is 11.6 Å². The largest absolute Gasteiger partial charge is 0.468 e. The van der Waals surface area contributed by atoms with E-state index < -0.39 is 23.7 Å². The maximum atomic E-state index is 12.9. The smallest absolute Gasteiger partial charge is 0.319 e. The summed E-state index contributed by atoms with van der Waals surface area (Å²) in [6, 6.07) is 22.9. The Morgan fingerprint density at radius 1 is 1.09 bits per heavy atom. The summed E-state index contributed by atoms with van der Waals surface area (Å²) in [5, 5.41) is 17.8. The summed E-state index contributed by atoms with van der Waals surface area (Å²) in [4.78, 5) is 38.0. The van der Waals surface area contributed by atoms with E-state index in [1.807, 2.05) is 61.5 Å². The molecular formula is C27H23N3O4S. The Labute approximate surface area is 207 Å². The van der Waals surface area contributed by atoms with E-state index in [4.69, 9.17) is 4.74 Å². The van der Waals surface area contributed by atoms with Crippen molar-refractivity contribution < 1.29 is 19.1 Å². The Hall–Kier alpha value is -4.09. The molecule has 8 heteroatoms. The Morgan fingerprint density at radius 2 is 1.80 bits per heavy atom. The van der Waals surface area contributed by atoms with Crippen LogP contribution in [-0.4, -0.2) is 30.6 Å². The minimum absolute atomic E-state index is 0.0306. The number of anilines is 1. The minimum atomic E-state index is -1.20. The fourth-order valence-corrected chi connectivity index (χ4v) is 4.90. The average Bonchev–Trinajstić information content (AvgIpc) is 2.87. The van der Waals surface area contributed by atoms with E-state index >= 15 is 0 Å². The van der Waals surface area contributed by atoms with Gasteiger partial charge in [-0.25, -0.2) is 0 Å². The third-order valence-electron chi connectivity index (χ3n) is 5.80. The molecule has 0 radical (unpaired) electrons. The monoisotopic (exact) mass is 485 g/mol. The van der Waals surface area contributed by atoms with Gasteiger partial charge < -0.3 is 15.4 Å². The molecule has 0 bridgehead atoms. The maximum Gasteiger partial charge on any atom is 0.319 e. The van der Waals surface area contributed by atoms with Crippen LogP contribution < -0.4 is 10.6 Å². The van der Waals surface area contributed by atoms with Crippen LogP contribution in [-0.2, 0) is 19.1 Å². The van der Waals surface area contributed by atoms with Gasteiger partial charge in [0.2, 0.25) is 11.8 Å². The molecule has 1 aliphatic heterocycles. The number of carbonyl (C=O) groups excluding carboxylic acids is 3. The van der Waals surface area contributed by atoms with Gasteiger partial charge in [-0.2, -0.15) is 5.26 Å². The first-order valence-corrected chi connectivity index (χ1v) is 11.9. The van der Waals surface area contributed by atoms with Crippen molar-refractivity contribution in [2.45, 2.75) is 12.8 Å². The second kappa shape index (κ2) is 10.5. The molecule has 0 saturated heterocycles. The van der Waals surface area contributed by atoms with Crippen LogP contribution in [0.25, 0.3) is 10.8 Å². The van der Waals surface area contributed by atoms with E-state index in [9.17, 15) is 19.6 Å². The molecule has 0 saturated carbocycles. The molecular weight excluding hydrogens is 462 g/mol. The number of rotatable bonds is 6. The van der Waals surface area contributed by atoms with Gasteiger partial charge in [-0.1, -0.05) is 71.9 Å². The first-order valence-electron chi connectivity index (χ1n) is 10.9. The summed E-state index contributed by atoms with van der Waals surface area (Å²) in [6.07, 6.45) is 0. The Kier molecular flexibility index (Phi) is 7.18. The maximum absolute atomic E-state index is 12.9. The quantitative estimate of drug-likeness (QED) is 0.399. The zero-order valence-electron chi connectivity index (χ0n) is 19.2. The van der Waals surface area contributed by atoms with E-state index in [-0.39, 0.29) is 22.3 Å². The SMILES string of the molecule is COC(=O)[C@@H]1C(=O)NC(SCC(=O)Nc2ccc3ccccc3c2)=C(C#N)[C@H]1c1ccc(C)cc1. The molecule has 35 heavy (non-hydrogen) atoms. The number of carbonyl (C=O) groups is 3. The summed E-state index contributed by atoms with van der Waals surface area (Å²) in [5.41, 5.74) is 2.52. The molecule has 0 fully saturated rings. The highest BCUT2D eigenvalue weighted by Crippen LogP contribution is 2.40. The Bertz CT molecular complexity index is 1380. The second-order valence-electron chi connectivity index (χ2n) is 8.13. The first-order chi connectivity index (χ1) is 16.9. The predicted molar refractivity (Wildman–Crippen MR) is 135 cm³/mol. The number of esters is 1. The fourth-order valence-electron chi connectivity index (χ4n) is 4.06. The third kappa shape index (κ3) is 5.20. The zero-order chi connectivity index (χ0) is 24.9. The van der Waals surface area contributed by atoms with E-state index in [1.165, 1.54) is 7.11 Å². The molecule has 0 spiro atoms. The Morgan fingerprint density at radius 3 is 2.49 bits per heavy atom. The van der Waals surface area contributed by atoms with E-state index in [2.05, 4.69) is 16.7 Å². The number of thioether (sulfide) groups is 1. The van der Waals surface area contributed by atoms with Crippen LogP contribution in [0.2, 0.25) is 0 Å². The number of benzene rings is 3. The van der Waals surface area contributed by atoms with Gasteiger partial charge in [0.1, 0.15) is 5.92 Å². The standard InChI is InChI=1S/C27H23N3O4S/c1-16-7-9-18(10-8-16)23-21(14-28)26(30-25(32)24(23)27(33)34-2)35-15-22(31)29-20-12-11-17-5-3-4-6-19(17)13-20/h3-13,23-24H,15H2,1-2H3,(H,29,31)(H,30,32)/t23-,24+/m1/s1. The highest BCUT2D eigenvalue weighted by molar-refractivity contribution is 8.03. The van der Waals surface area contributed by atoms with Gasteiger partial charge in [-0.3, -0.25) is 14.4 Å². The van der Waals surface area contributed by atoms with Gasteiger partial charge in [0.05, 0.1) is 29.5 Å². The van der Waals surface area contributed by atoms with Gasteiger partial charge in [0.25, 0.3) is 0 Å². The van der Waals surface area contributed by atoms with E-state index in [0.29, 0.717) is 11.3 Å². The van der Waals surface area contributed by atoms with Crippen LogP contribution >= 0.6 is 11.8 Å². The number of nitriles is 1. The van der Waals surface area contributed by atoms with Crippen molar-refractivity contribution in [1.29, 1.82) is 5.26 Å². The molecule has 2 amide bonds. The van der Waals surface area contributed by atoms with Crippen LogP contribution in [0.5, 0.6) is 0 Å². The van der Waals surface area contributed by atoms with Crippen molar-refractivity contribution in [1.82, 2.24) is 5.32 Å². The molecule has 3 aromatic rings. The highest BCUT2D eigenvalue weighted by atomic mass is 32.2. The van der Waals surface area contributed by atoms with Gasteiger partial charge in [-0.05, 0) is 35.4 Å². The van der Waals surface area contributed by atoms with E-state index in [1.54, 1.807) is 12.1 Å². The second-order valence-corrected chi connectivity index (χ2v) is 9.12. The number of amides is 2. The topological polar surface area (TPSA) is 108 Å². The number of hydrogen-bond acceptors (Lipinski definition) is 6. The van der Waals surface area contributed by atoms with Gasteiger partial charge in [0.15, 0.2) is 0 Å². The van der Waals surface area contributed by atoms with Crippen molar-refractivity contribution in [2.75, 3.05) is 18.2 Å². The van der Waals surface area contributed by atoms with E-state index in [0.717, 1.165) is 28.1 Å². The zero-order valence-corrected chi connectivity index (χ0v) is 20.0. The molecule has 2 atom stereocenters. The van der Waals surface area contributed by atoms with Crippen molar-refractivity contribution in [3.05, 3.63) is 88.5 Å². The van der Waals surface area contributed by atoms with Crippen molar-refractivity contribution >= 4 is 46.0 Å². The number of methoxy groups -OCH3 is 1. The fraction of sp³-hybridized carbons (Fsp3) is 0.185. The molecule has 3 aromatic carbocycles. The summed E-state index contributed by atoms with van der Waals surface area (Å²) >= 11 is 1.05. The Balaban J connectivity index is 1.57. The number of allylic oxidation sites excluding steroid dienone is 1. The van der Waals surface area contributed by atoms with Crippen LogP contribution in [0.1, 0.15) is 17.0 Å². The lowest BCUT2D eigenvalue weighted by atomic mass is 9.78. The summed E-state index contributed by atoms with van der Waals surface area (Å²) < 4.78 is 4.86. The molecule has 2 N–H and O–H groups in total. The molecule has 4 rings (SSSR count). The highest BCUT2D eigenvalue weighted by Gasteiger charge is 2.44. The molecule has 1 heterocycles. The number of aryl methyl sites for hydroxylation is 1. The molecule has 1 aliphatic rings. The van der Waals surface area contributed by atoms with Crippen LogP contribution in [0.3, 0.4) is 0 Å². The number of ether oxygens (including phenoxy) is 1. The van der Waals surface area contributed by atoms with Crippen molar-refractivity contribution in [3.63, 3.8) is 0 Å². The molecule has 0 aromatic heterocycles. The summed E-state index contributed by atoms with van der Waals surface area (Å²) in [7, 11) is 1.21.